The average molecular weight is 508 g/mol. The number of hydrogen-bond acceptors (Lipinski definition) is 6. The highest BCUT2D eigenvalue weighted by molar-refractivity contribution is 7.17. The molecular weight excluding hydrogens is 478 g/mol. The van der Waals surface area contributed by atoms with E-state index >= 15 is 0 Å². The van der Waals surface area contributed by atoms with Crippen LogP contribution >= 0.6 is 11.3 Å². The van der Waals surface area contributed by atoms with Gasteiger partial charge in [0.05, 0.1) is 23.3 Å². The number of nitrogens with one attached hydrogen (secondary N) is 2. The third-order valence-electron chi connectivity index (χ3n) is 6.64. The summed E-state index contributed by atoms with van der Waals surface area (Å²) in [4.78, 5) is 38.1. The molecule has 2 amide bonds. The van der Waals surface area contributed by atoms with Gasteiger partial charge in [-0.05, 0) is 60.4 Å². The van der Waals surface area contributed by atoms with Crippen LogP contribution in [0.15, 0.2) is 48.5 Å². The molecule has 8 nitrogen and oxygen atoms in total. The van der Waals surface area contributed by atoms with Crippen molar-refractivity contribution in [3.63, 3.8) is 0 Å². The standard InChI is InChI=1S/C27H29N3O5S/c1-27(2,3)17-11-14-19-22(15-17)36-26(29-24(31)16-9-12-18(13-10-16)30(33)34)23(19)25(32)28-20-7-5-6-8-21(20)35-4/h5-10,12-13,17H,11,14-15H2,1-4H3,(H,28,32)(H,29,31). The van der Waals surface area contributed by atoms with E-state index in [0.29, 0.717) is 27.9 Å². The summed E-state index contributed by atoms with van der Waals surface area (Å²) in [6, 6.07) is 12.6. The number of para-hydroxylation sites is 2. The topological polar surface area (TPSA) is 111 Å². The van der Waals surface area contributed by atoms with Crippen LogP contribution in [0.4, 0.5) is 16.4 Å². The zero-order chi connectivity index (χ0) is 26.0. The predicted octanol–water partition coefficient (Wildman–Crippen LogP) is 6.32. The summed E-state index contributed by atoms with van der Waals surface area (Å²) >= 11 is 1.43. The van der Waals surface area contributed by atoms with E-state index in [9.17, 15) is 19.7 Å². The Hall–Kier alpha value is -3.72. The summed E-state index contributed by atoms with van der Waals surface area (Å²) in [7, 11) is 1.54. The molecule has 0 spiro atoms. The van der Waals surface area contributed by atoms with Crippen molar-refractivity contribution in [1.29, 1.82) is 0 Å². The molecule has 1 unspecified atom stereocenters. The van der Waals surface area contributed by atoms with E-state index in [1.807, 2.05) is 12.1 Å². The number of nitrogens with zero attached hydrogens (tertiary/aromatic N) is 1. The molecule has 0 fully saturated rings. The molecule has 36 heavy (non-hydrogen) atoms. The molecule has 0 aliphatic heterocycles. The van der Waals surface area contributed by atoms with Gasteiger partial charge in [-0.3, -0.25) is 19.7 Å². The molecule has 1 heterocycles. The highest BCUT2D eigenvalue weighted by Crippen LogP contribution is 2.44. The molecule has 0 radical (unpaired) electrons. The van der Waals surface area contributed by atoms with Crippen molar-refractivity contribution < 1.29 is 19.2 Å². The van der Waals surface area contributed by atoms with E-state index in [4.69, 9.17) is 4.74 Å². The predicted molar refractivity (Wildman–Crippen MR) is 141 cm³/mol. The molecular formula is C27H29N3O5S. The fourth-order valence-corrected chi connectivity index (χ4v) is 5.82. The lowest BCUT2D eigenvalue weighted by molar-refractivity contribution is -0.384. The first-order chi connectivity index (χ1) is 17.1. The van der Waals surface area contributed by atoms with E-state index in [0.717, 1.165) is 29.7 Å². The normalized spacial score (nSPS) is 15.1. The number of non-ortho nitro benzene ring substituents is 1. The highest BCUT2D eigenvalue weighted by atomic mass is 32.1. The Labute approximate surface area is 213 Å². The Bertz CT molecular complexity index is 1310. The summed E-state index contributed by atoms with van der Waals surface area (Å²) in [5.74, 6) is 0.263. The molecule has 1 aliphatic rings. The van der Waals surface area contributed by atoms with Crippen molar-refractivity contribution in [3.8, 4) is 5.75 Å². The summed E-state index contributed by atoms with van der Waals surface area (Å²) in [5.41, 5.74) is 2.28. The van der Waals surface area contributed by atoms with E-state index in [1.54, 1.807) is 19.2 Å². The maximum absolute atomic E-state index is 13.6. The third-order valence-corrected chi connectivity index (χ3v) is 7.81. The van der Waals surface area contributed by atoms with Crippen LogP contribution in [0.5, 0.6) is 5.75 Å². The van der Waals surface area contributed by atoms with Crippen molar-refractivity contribution in [2.45, 2.75) is 40.0 Å². The van der Waals surface area contributed by atoms with Crippen molar-refractivity contribution >= 4 is 39.5 Å². The molecule has 4 rings (SSSR count). The van der Waals surface area contributed by atoms with Gasteiger partial charge >= 0.3 is 0 Å². The van der Waals surface area contributed by atoms with Gasteiger partial charge in [0, 0.05) is 22.6 Å². The number of nitro groups is 1. The molecule has 0 bridgehead atoms. The minimum absolute atomic E-state index is 0.0942. The fraction of sp³-hybridized carbons (Fsp3) is 0.333. The second-order valence-electron chi connectivity index (χ2n) is 9.93. The van der Waals surface area contributed by atoms with Crippen LogP contribution in [0.1, 0.15) is 58.3 Å². The van der Waals surface area contributed by atoms with Crippen molar-refractivity contribution in [1.82, 2.24) is 0 Å². The number of anilines is 2. The summed E-state index contributed by atoms with van der Waals surface area (Å²) in [6.07, 6.45) is 2.54. The van der Waals surface area contributed by atoms with Crippen LogP contribution in [-0.4, -0.2) is 23.8 Å². The number of ether oxygens (including phenoxy) is 1. The summed E-state index contributed by atoms with van der Waals surface area (Å²) in [6.45, 7) is 6.68. The van der Waals surface area contributed by atoms with Crippen molar-refractivity contribution in [3.05, 3.63) is 80.2 Å². The Morgan fingerprint density at radius 3 is 2.39 bits per heavy atom. The van der Waals surface area contributed by atoms with Gasteiger partial charge in [0.1, 0.15) is 10.8 Å². The average Bonchev–Trinajstić information content (AvgIpc) is 3.21. The third kappa shape index (κ3) is 5.26. The van der Waals surface area contributed by atoms with Gasteiger partial charge in [0.15, 0.2) is 0 Å². The molecule has 2 aromatic carbocycles. The molecule has 0 saturated carbocycles. The largest absolute Gasteiger partial charge is 0.495 e. The lowest BCUT2D eigenvalue weighted by atomic mass is 9.72. The first kappa shape index (κ1) is 25.4. The first-order valence-electron chi connectivity index (χ1n) is 11.7. The van der Waals surface area contributed by atoms with Crippen LogP contribution in [0.3, 0.4) is 0 Å². The smallest absolute Gasteiger partial charge is 0.269 e. The van der Waals surface area contributed by atoms with Gasteiger partial charge in [-0.2, -0.15) is 0 Å². The Morgan fingerprint density at radius 1 is 1.06 bits per heavy atom. The molecule has 1 aliphatic carbocycles. The zero-order valence-corrected chi connectivity index (χ0v) is 21.5. The van der Waals surface area contributed by atoms with Gasteiger partial charge in [-0.1, -0.05) is 32.9 Å². The van der Waals surface area contributed by atoms with Crippen molar-refractivity contribution in [2.24, 2.45) is 11.3 Å². The second-order valence-corrected chi connectivity index (χ2v) is 11.0. The van der Waals surface area contributed by atoms with Gasteiger partial charge < -0.3 is 15.4 Å². The monoisotopic (exact) mass is 507 g/mol. The van der Waals surface area contributed by atoms with Crippen LogP contribution in [-0.2, 0) is 12.8 Å². The number of carbonyl (C=O) groups is 2. The highest BCUT2D eigenvalue weighted by Gasteiger charge is 2.34. The van der Waals surface area contributed by atoms with Crippen LogP contribution < -0.4 is 15.4 Å². The number of amides is 2. The molecule has 188 valence electrons. The van der Waals surface area contributed by atoms with Gasteiger partial charge in [0.2, 0.25) is 0 Å². The van der Waals surface area contributed by atoms with Gasteiger partial charge in [-0.15, -0.1) is 11.3 Å². The van der Waals surface area contributed by atoms with Crippen molar-refractivity contribution in [2.75, 3.05) is 17.7 Å². The molecule has 0 saturated heterocycles. The van der Waals surface area contributed by atoms with E-state index < -0.39 is 10.8 Å². The number of methoxy groups -OCH3 is 1. The Kier molecular flexibility index (Phi) is 7.12. The summed E-state index contributed by atoms with van der Waals surface area (Å²) < 4.78 is 5.38. The molecule has 1 atom stereocenters. The van der Waals surface area contributed by atoms with E-state index in [-0.39, 0.29) is 22.6 Å². The first-order valence-corrected chi connectivity index (χ1v) is 12.5. The second kappa shape index (κ2) is 10.1. The Balaban J connectivity index is 1.68. The van der Waals surface area contributed by atoms with E-state index in [2.05, 4.69) is 31.4 Å². The molecule has 2 N–H and O–H groups in total. The number of thiophene rings is 1. The molecule has 3 aromatic rings. The fourth-order valence-electron chi connectivity index (χ4n) is 4.50. The zero-order valence-electron chi connectivity index (χ0n) is 20.7. The minimum atomic E-state index is -0.513. The maximum atomic E-state index is 13.6. The Morgan fingerprint density at radius 2 is 1.75 bits per heavy atom. The lowest BCUT2D eigenvalue weighted by Gasteiger charge is -2.33. The van der Waals surface area contributed by atoms with E-state index in [1.165, 1.54) is 35.6 Å². The molecule has 1 aromatic heterocycles. The molecule has 9 heteroatoms. The lowest BCUT2D eigenvalue weighted by Crippen LogP contribution is -2.27. The van der Waals surface area contributed by atoms with Gasteiger partial charge in [-0.25, -0.2) is 0 Å². The SMILES string of the molecule is COc1ccccc1NC(=O)c1c(NC(=O)c2ccc([N+](=O)[O-])cc2)sc2c1CCC(C(C)(C)C)C2. The summed E-state index contributed by atoms with van der Waals surface area (Å²) in [5, 5.41) is 17.3. The van der Waals surface area contributed by atoms with Crippen LogP contribution in [0.25, 0.3) is 0 Å². The number of hydrogen-bond donors (Lipinski definition) is 2. The van der Waals surface area contributed by atoms with Crippen LogP contribution in [0.2, 0.25) is 0 Å². The maximum Gasteiger partial charge on any atom is 0.269 e. The number of rotatable bonds is 6. The number of nitro benzene ring substituents is 1. The van der Waals surface area contributed by atoms with Gasteiger partial charge in [0.25, 0.3) is 17.5 Å². The van der Waals surface area contributed by atoms with Crippen LogP contribution in [0, 0.1) is 21.4 Å². The number of benzene rings is 2. The number of carbonyl (C=O) groups excluding carboxylic acids is 2. The number of fused-ring (bicyclic) bond motifs is 1. The minimum Gasteiger partial charge on any atom is -0.495 e. The quantitative estimate of drug-likeness (QED) is 0.300.